The Kier molecular flexibility index (Phi) is 3.08. The molecule has 0 aliphatic carbocycles. The van der Waals surface area contributed by atoms with Crippen LogP contribution in [0.15, 0.2) is 24.3 Å². The summed E-state index contributed by atoms with van der Waals surface area (Å²) < 4.78 is 0. The molecule has 0 aliphatic rings. The van der Waals surface area contributed by atoms with Crippen molar-refractivity contribution in [1.82, 2.24) is 5.32 Å². The third-order valence-corrected chi connectivity index (χ3v) is 1.63. The lowest BCUT2D eigenvalue weighted by atomic mass is 10.1. The van der Waals surface area contributed by atoms with Gasteiger partial charge in [0.25, 0.3) is 0 Å². The van der Waals surface area contributed by atoms with Gasteiger partial charge in [-0.3, -0.25) is 0 Å². The van der Waals surface area contributed by atoms with Crippen molar-refractivity contribution >= 4 is 0 Å². The van der Waals surface area contributed by atoms with E-state index in [9.17, 15) is 5.11 Å². The number of hydrogen-bond donors (Lipinski definition) is 2. The van der Waals surface area contributed by atoms with E-state index in [1.807, 2.05) is 0 Å². The number of phenolic OH excluding ortho intramolecular Hbond substituents is 1. The molecule has 0 aromatic heterocycles. The molecule has 0 amide bonds. The van der Waals surface area contributed by atoms with Gasteiger partial charge in [-0.05, 0) is 17.7 Å². The van der Waals surface area contributed by atoms with E-state index < -0.39 is 6.10 Å². The zero-order valence-corrected chi connectivity index (χ0v) is 6.94. The van der Waals surface area contributed by atoms with E-state index in [1.54, 1.807) is 31.3 Å². The maximum Gasteiger partial charge on any atom is 0.115 e. The second-order valence-electron chi connectivity index (χ2n) is 2.61. The molecule has 0 heterocycles. The Morgan fingerprint density at radius 2 is 1.92 bits per heavy atom. The van der Waals surface area contributed by atoms with Crippen LogP contribution in [-0.2, 0) is 0 Å². The first kappa shape index (κ1) is 9.03. The van der Waals surface area contributed by atoms with Gasteiger partial charge in [-0.1, -0.05) is 12.1 Å². The average Bonchev–Trinajstić information content (AvgIpc) is 2.06. The molecule has 1 rings (SSSR count). The third kappa shape index (κ3) is 2.22. The van der Waals surface area contributed by atoms with Crippen molar-refractivity contribution in [1.29, 1.82) is 0 Å². The molecule has 0 saturated carbocycles. The van der Waals surface area contributed by atoms with Crippen LogP contribution in [0.1, 0.15) is 11.7 Å². The van der Waals surface area contributed by atoms with Crippen molar-refractivity contribution < 1.29 is 10.2 Å². The lowest BCUT2D eigenvalue weighted by Gasteiger charge is -2.08. The SMILES string of the molecule is C[N]CC(O)c1ccc(O)cc1. The molecule has 0 saturated heterocycles. The number of phenols is 1. The molecule has 1 atom stereocenters. The Labute approximate surface area is 71.7 Å². The summed E-state index contributed by atoms with van der Waals surface area (Å²) in [6.45, 7) is 0.394. The highest BCUT2D eigenvalue weighted by atomic mass is 16.3. The quantitative estimate of drug-likeness (QED) is 0.693. The van der Waals surface area contributed by atoms with Gasteiger partial charge in [0.05, 0.1) is 6.10 Å². The molecule has 3 heteroatoms. The number of aliphatic hydroxyl groups excluding tert-OH is 1. The van der Waals surface area contributed by atoms with Crippen LogP contribution >= 0.6 is 0 Å². The van der Waals surface area contributed by atoms with Crippen LogP contribution < -0.4 is 5.32 Å². The minimum atomic E-state index is -0.560. The molecule has 3 nitrogen and oxygen atoms in total. The van der Waals surface area contributed by atoms with Gasteiger partial charge >= 0.3 is 0 Å². The lowest BCUT2D eigenvalue weighted by molar-refractivity contribution is 0.176. The van der Waals surface area contributed by atoms with Gasteiger partial charge in [0, 0.05) is 13.6 Å². The Morgan fingerprint density at radius 3 is 2.42 bits per heavy atom. The van der Waals surface area contributed by atoms with E-state index >= 15 is 0 Å². The minimum absolute atomic E-state index is 0.208. The van der Waals surface area contributed by atoms with Crippen LogP contribution in [-0.4, -0.2) is 23.8 Å². The Morgan fingerprint density at radius 1 is 1.33 bits per heavy atom. The van der Waals surface area contributed by atoms with Gasteiger partial charge in [-0.15, -0.1) is 0 Å². The number of rotatable bonds is 3. The Bertz CT molecular complexity index is 233. The van der Waals surface area contributed by atoms with Crippen LogP contribution in [0.2, 0.25) is 0 Å². The molecule has 1 aromatic carbocycles. The van der Waals surface area contributed by atoms with Crippen molar-refractivity contribution in [2.75, 3.05) is 13.6 Å². The van der Waals surface area contributed by atoms with Gasteiger partial charge in [0.15, 0.2) is 0 Å². The van der Waals surface area contributed by atoms with Crippen LogP contribution in [0.5, 0.6) is 5.75 Å². The van der Waals surface area contributed by atoms with Crippen molar-refractivity contribution in [2.24, 2.45) is 0 Å². The smallest absolute Gasteiger partial charge is 0.115 e. The maximum absolute atomic E-state index is 9.44. The largest absolute Gasteiger partial charge is 0.508 e. The van der Waals surface area contributed by atoms with Crippen molar-refractivity contribution in [3.8, 4) is 5.75 Å². The second-order valence-corrected chi connectivity index (χ2v) is 2.61. The summed E-state index contributed by atoms with van der Waals surface area (Å²) in [5, 5.41) is 22.2. The van der Waals surface area contributed by atoms with Crippen LogP contribution in [0.3, 0.4) is 0 Å². The molecular formula is C9H12NO2. The number of aromatic hydroxyl groups is 1. The number of aliphatic hydroxyl groups is 1. The standard InChI is InChI=1S/C9H12NO2/c1-10-6-9(12)7-2-4-8(11)5-3-7/h2-5,9,11-12H,6H2,1H3. The van der Waals surface area contributed by atoms with Gasteiger partial charge in [-0.2, -0.15) is 0 Å². The number of benzene rings is 1. The van der Waals surface area contributed by atoms with E-state index in [4.69, 9.17) is 5.11 Å². The predicted molar refractivity (Wildman–Crippen MR) is 46.0 cm³/mol. The van der Waals surface area contributed by atoms with Crippen molar-refractivity contribution in [3.05, 3.63) is 29.8 Å². The van der Waals surface area contributed by atoms with Crippen molar-refractivity contribution in [2.45, 2.75) is 6.10 Å². The first-order chi connectivity index (χ1) is 5.74. The third-order valence-electron chi connectivity index (χ3n) is 1.63. The molecule has 0 spiro atoms. The molecule has 0 aliphatic heterocycles. The molecule has 1 radical (unpaired) electrons. The summed E-state index contributed by atoms with van der Waals surface area (Å²) in [6, 6.07) is 6.47. The van der Waals surface area contributed by atoms with Gasteiger partial charge < -0.3 is 10.2 Å². The van der Waals surface area contributed by atoms with Crippen molar-refractivity contribution in [3.63, 3.8) is 0 Å². The topological polar surface area (TPSA) is 54.6 Å². The maximum atomic E-state index is 9.44. The predicted octanol–water partition coefficient (Wildman–Crippen LogP) is 0.660. The summed E-state index contributed by atoms with van der Waals surface area (Å²) >= 11 is 0. The number of nitrogens with zero attached hydrogens (tertiary/aromatic N) is 1. The molecule has 0 fully saturated rings. The molecule has 0 bridgehead atoms. The zero-order valence-electron chi connectivity index (χ0n) is 6.94. The highest BCUT2D eigenvalue weighted by Gasteiger charge is 2.05. The molecule has 2 N–H and O–H groups in total. The number of likely N-dealkylation sites (N-methyl/N-ethyl adjacent to an activating group) is 1. The first-order valence-electron chi connectivity index (χ1n) is 3.76. The van der Waals surface area contributed by atoms with E-state index in [0.717, 1.165) is 5.56 Å². The molecule has 1 unspecified atom stereocenters. The fraction of sp³-hybridized carbons (Fsp3) is 0.333. The first-order valence-corrected chi connectivity index (χ1v) is 3.76. The highest BCUT2D eigenvalue weighted by molar-refractivity contribution is 5.27. The second kappa shape index (κ2) is 4.09. The van der Waals surface area contributed by atoms with Crippen LogP contribution in [0.4, 0.5) is 0 Å². The summed E-state index contributed by atoms with van der Waals surface area (Å²) in [7, 11) is 1.66. The molecule has 65 valence electrons. The summed E-state index contributed by atoms with van der Waals surface area (Å²) in [5.41, 5.74) is 0.776. The van der Waals surface area contributed by atoms with Gasteiger partial charge in [-0.25, -0.2) is 5.32 Å². The van der Waals surface area contributed by atoms with Crippen LogP contribution in [0, 0.1) is 0 Å². The fourth-order valence-corrected chi connectivity index (χ4v) is 0.975. The Hall–Kier alpha value is -1.06. The molecular weight excluding hydrogens is 154 g/mol. The van der Waals surface area contributed by atoms with Crippen LogP contribution in [0.25, 0.3) is 0 Å². The molecule has 12 heavy (non-hydrogen) atoms. The normalized spacial score (nSPS) is 12.8. The Balaban J connectivity index is 2.68. The fourth-order valence-electron chi connectivity index (χ4n) is 0.975. The lowest BCUT2D eigenvalue weighted by Crippen LogP contribution is -2.10. The summed E-state index contributed by atoms with van der Waals surface area (Å²) in [4.78, 5) is 0. The number of hydrogen-bond acceptors (Lipinski definition) is 2. The zero-order chi connectivity index (χ0) is 8.97. The average molecular weight is 166 g/mol. The van der Waals surface area contributed by atoms with E-state index in [0.29, 0.717) is 6.54 Å². The molecule has 1 aromatic rings. The van der Waals surface area contributed by atoms with Gasteiger partial charge in [0.1, 0.15) is 5.75 Å². The summed E-state index contributed by atoms with van der Waals surface area (Å²) in [6.07, 6.45) is -0.560. The van der Waals surface area contributed by atoms with E-state index in [1.165, 1.54) is 0 Å². The summed E-state index contributed by atoms with van der Waals surface area (Å²) in [5.74, 6) is 0.208. The highest BCUT2D eigenvalue weighted by Crippen LogP contribution is 2.15. The van der Waals surface area contributed by atoms with E-state index in [2.05, 4.69) is 5.32 Å². The monoisotopic (exact) mass is 166 g/mol. The van der Waals surface area contributed by atoms with E-state index in [-0.39, 0.29) is 5.75 Å². The van der Waals surface area contributed by atoms with Gasteiger partial charge in [0.2, 0.25) is 0 Å². The minimum Gasteiger partial charge on any atom is -0.508 e.